The molecule has 4 nitrogen and oxygen atoms in total. The Morgan fingerprint density at radius 3 is 1.88 bits per heavy atom. The summed E-state index contributed by atoms with van der Waals surface area (Å²) in [5, 5.41) is 0. The smallest absolute Gasteiger partial charge is 0.320 e. The summed E-state index contributed by atoms with van der Waals surface area (Å²) in [6.45, 7) is 5.95. The number of esters is 2. The molecule has 92 valence electrons. The van der Waals surface area contributed by atoms with Gasteiger partial charge in [0.15, 0.2) is 5.92 Å². The van der Waals surface area contributed by atoms with Crippen LogP contribution in [0.3, 0.4) is 0 Å². The van der Waals surface area contributed by atoms with E-state index < -0.39 is 17.9 Å². The van der Waals surface area contributed by atoms with Crippen LogP contribution in [0.2, 0.25) is 0 Å². The maximum atomic E-state index is 11.5. The lowest BCUT2D eigenvalue weighted by Crippen LogP contribution is -2.27. The molecule has 0 bridgehead atoms. The molecule has 0 fully saturated rings. The highest BCUT2D eigenvalue weighted by atomic mass is 16.6. The lowest BCUT2D eigenvalue weighted by atomic mass is 10.1. The number of hydrogen-bond acceptors (Lipinski definition) is 4. The Morgan fingerprint density at radius 2 is 1.50 bits per heavy atom. The molecule has 0 atom stereocenters. The lowest BCUT2D eigenvalue weighted by Gasteiger charge is -2.12. The van der Waals surface area contributed by atoms with Gasteiger partial charge in [0.25, 0.3) is 0 Å². The van der Waals surface area contributed by atoms with Crippen molar-refractivity contribution >= 4 is 11.9 Å². The highest BCUT2D eigenvalue weighted by molar-refractivity contribution is 5.95. The minimum Gasteiger partial charge on any atom is -0.465 e. The monoisotopic (exact) mass is 228 g/mol. The molecule has 4 heteroatoms. The Kier molecular flexibility index (Phi) is 8.21. The zero-order valence-electron chi connectivity index (χ0n) is 10.2. The van der Waals surface area contributed by atoms with Gasteiger partial charge in [0, 0.05) is 0 Å². The lowest BCUT2D eigenvalue weighted by molar-refractivity contribution is -0.161. The highest BCUT2D eigenvalue weighted by Crippen LogP contribution is 2.10. The fourth-order valence-electron chi connectivity index (χ4n) is 1.17. The molecule has 0 aromatic carbocycles. The fraction of sp³-hybridized carbons (Fsp3) is 0.667. The van der Waals surface area contributed by atoms with Gasteiger partial charge in [-0.3, -0.25) is 9.59 Å². The number of hydrogen-bond donors (Lipinski definition) is 0. The predicted molar refractivity (Wildman–Crippen MR) is 60.8 cm³/mol. The largest absolute Gasteiger partial charge is 0.465 e. The molecular weight excluding hydrogens is 208 g/mol. The van der Waals surface area contributed by atoms with Crippen LogP contribution in [-0.4, -0.2) is 25.2 Å². The Balaban J connectivity index is 4.42. The molecule has 0 aromatic rings. The highest BCUT2D eigenvalue weighted by Gasteiger charge is 2.27. The Labute approximate surface area is 96.6 Å². The van der Waals surface area contributed by atoms with Gasteiger partial charge in [-0.05, 0) is 26.7 Å². The van der Waals surface area contributed by atoms with Crippen LogP contribution in [0.25, 0.3) is 0 Å². The predicted octanol–water partition coefficient (Wildman–Crippen LogP) is 2.09. The van der Waals surface area contributed by atoms with E-state index in [2.05, 4.69) is 0 Å². The zero-order valence-corrected chi connectivity index (χ0v) is 10.2. The van der Waals surface area contributed by atoms with Gasteiger partial charge < -0.3 is 9.47 Å². The van der Waals surface area contributed by atoms with Gasteiger partial charge >= 0.3 is 11.9 Å². The fourth-order valence-corrected chi connectivity index (χ4v) is 1.17. The van der Waals surface area contributed by atoms with Crippen molar-refractivity contribution in [1.29, 1.82) is 0 Å². The number of allylic oxidation sites excluding steroid dienone is 2. The van der Waals surface area contributed by atoms with E-state index in [0.717, 1.165) is 6.42 Å². The topological polar surface area (TPSA) is 52.6 Å². The summed E-state index contributed by atoms with van der Waals surface area (Å²) >= 11 is 0. The SMILES string of the molecule is CC/C=C/CC(C(=O)OCC)C(=O)OCC. The van der Waals surface area contributed by atoms with Gasteiger partial charge in [-0.15, -0.1) is 0 Å². The molecule has 0 spiro atoms. The number of carbonyl (C=O) groups excluding carboxylic acids is 2. The third-order valence-corrected chi connectivity index (χ3v) is 1.92. The third-order valence-electron chi connectivity index (χ3n) is 1.92. The van der Waals surface area contributed by atoms with Gasteiger partial charge in [-0.1, -0.05) is 19.1 Å². The molecule has 0 saturated heterocycles. The molecule has 0 saturated carbocycles. The van der Waals surface area contributed by atoms with Crippen molar-refractivity contribution in [3.05, 3.63) is 12.2 Å². The second-order valence-corrected chi connectivity index (χ2v) is 3.17. The summed E-state index contributed by atoms with van der Waals surface area (Å²) in [6, 6.07) is 0. The van der Waals surface area contributed by atoms with Gasteiger partial charge in [0.2, 0.25) is 0 Å². The molecule has 0 aliphatic carbocycles. The second-order valence-electron chi connectivity index (χ2n) is 3.17. The minimum absolute atomic E-state index is 0.270. The zero-order chi connectivity index (χ0) is 12.4. The Bertz CT molecular complexity index is 227. The Hall–Kier alpha value is -1.32. The summed E-state index contributed by atoms with van der Waals surface area (Å²) in [5.74, 6) is -1.86. The Morgan fingerprint density at radius 1 is 1.00 bits per heavy atom. The van der Waals surface area contributed by atoms with Gasteiger partial charge in [0.1, 0.15) is 0 Å². The molecule has 0 aromatic heterocycles. The summed E-state index contributed by atoms with van der Waals surface area (Å²) in [4.78, 5) is 23.0. The van der Waals surface area contributed by atoms with Crippen LogP contribution in [0.1, 0.15) is 33.6 Å². The second kappa shape index (κ2) is 8.95. The molecule has 0 N–H and O–H groups in total. The first-order valence-corrected chi connectivity index (χ1v) is 5.65. The van der Waals surface area contributed by atoms with E-state index in [4.69, 9.17) is 9.47 Å². The third kappa shape index (κ3) is 5.53. The normalized spacial score (nSPS) is 10.8. The minimum atomic E-state index is -0.831. The van der Waals surface area contributed by atoms with Crippen LogP contribution in [0, 0.1) is 5.92 Å². The van der Waals surface area contributed by atoms with Crippen molar-refractivity contribution in [3.8, 4) is 0 Å². The quantitative estimate of drug-likeness (QED) is 0.380. The van der Waals surface area contributed by atoms with E-state index in [9.17, 15) is 9.59 Å². The molecule has 16 heavy (non-hydrogen) atoms. The number of ether oxygens (including phenoxy) is 2. The first-order chi connectivity index (χ1) is 7.67. The van der Waals surface area contributed by atoms with Crippen molar-refractivity contribution in [2.45, 2.75) is 33.6 Å². The van der Waals surface area contributed by atoms with Crippen molar-refractivity contribution in [3.63, 3.8) is 0 Å². The summed E-state index contributed by atoms with van der Waals surface area (Å²) < 4.78 is 9.66. The molecule has 0 rings (SSSR count). The van der Waals surface area contributed by atoms with Crippen molar-refractivity contribution in [2.75, 3.05) is 13.2 Å². The first kappa shape index (κ1) is 14.7. The molecule has 0 radical (unpaired) electrons. The van der Waals surface area contributed by atoms with E-state index in [-0.39, 0.29) is 13.2 Å². The van der Waals surface area contributed by atoms with Crippen molar-refractivity contribution in [2.24, 2.45) is 5.92 Å². The van der Waals surface area contributed by atoms with Crippen molar-refractivity contribution in [1.82, 2.24) is 0 Å². The van der Waals surface area contributed by atoms with Gasteiger partial charge in [-0.25, -0.2) is 0 Å². The van der Waals surface area contributed by atoms with Crippen LogP contribution in [0.15, 0.2) is 12.2 Å². The standard InChI is InChI=1S/C12H20O4/c1-4-7-8-9-10(11(13)15-5-2)12(14)16-6-3/h7-8,10H,4-6,9H2,1-3H3/b8-7+. The van der Waals surface area contributed by atoms with Crippen LogP contribution < -0.4 is 0 Å². The maximum absolute atomic E-state index is 11.5. The summed E-state index contributed by atoms with van der Waals surface area (Å²) in [7, 11) is 0. The number of rotatable bonds is 7. The van der Waals surface area contributed by atoms with Crippen LogP contribution in [-0.2, 0) is 19.1 Å². The molecule has 0 aliphatic rings. The number of carbonyl (C=O) groups is 2. The van der Waals surface area contributed by atoms with E-state index in [1.165, 1.54) is 0 Å². The molecule has 0 amide bonds. The van der Waals surface area contributed by atoms with Crippen LogP contribution in [0.5, 0.6) is 0 Å². The van der Waals surface area contributed by atoms with Crippen molar-refractivity contribution < 1.29 is 19.1 Å². The molecular formula is C12H20O4. The van der Waals surface area contributed by atoms with E-state index in [0.29, 0.717) is 6.42 Å². The van der Waals surface area contributed by atoms with E-state index in [1.54, 1.807) is 19.9 Å². The van der Waals surface area contributed by atoms with Gasteiger partial charge in [-0.2, -0.15) is 0 Å². The van der Waals surface area contributed by atoms with Crippen LogP contribution >= 0.6 is 0 Å². The van der Waals surface area contributed by atoms with Crippen LogP contribution in [0.4, 0.5) is 0 Å². The maximum Gasteiger partial charge on any atom is 0.320 e. The summed E-state index contributed by atoms with van der Waals surface area (Å²) in [5.41, 5.74) is 0. The molecule has 0 aliphatic heterocycles. The average molecular weight is 228 g/mol. The molecule has 0 heterocycles. The van der Waals surface area contributed by atoms with Gasteiger partial charge in [0.05, 0.1) is 13.2 Å². The summed E-state index contributed by atoms with van der Waals surface area (Å²) in [6.07, 6.45) is 4.92. The molecule has 0 unspecified atom stereocenters. The van der Waals surface area contributed by atoms with E-state index in [1.807, 2.05) is 13.0 Å². The van der Waals surface area contributed by atoms with E-state index >= 15 is 0 Å². The first-order valence-electron chi connectivity index (χ1n) is 5.65. The average Bonchev–Trinajstić information content (AvgIpc) is 2.25.